The highest BCUT2D eigenvalue weighted by Gasteiger charge is 2.01. The van der Waals surface area contributed by atoms with Crippen molar-refractivity contribution in [2.24, 2.45) is 0 Å². The summed E-state index contributed by atoms with van der Waals surface area (Å²) in [6, 6.07) is 0. The van der Waals surface area contributed by atoms with Crippen LogP contribution in [0.15, 0.2) is 0 Å². The third-order valence-electron chi connectivity index (χ3n) is 1.67. The number of rotatable bonds is 8. The largest absolute Gasteiger partial charge is 0.396 e. The normalized spacial score (nSPS) is 13.2. The van der Waals surface area contributed by atoms with Gasteiger partial charge in [0, 0.05) is 6.61 Å². The Bertz CT molecular complexity index is 75.8. The second-order valence-corrected chi connectivity index (χ2v) is 2.90. The van der Waals surface area contributed by atoms with Crippen molar-refractivity contribution in [1.82, 2.24) is 0 Å². The molecule has 0 spiro atoms. The molecule has 0 aliphatic carbocycles. The highest BCUT2D eigenvalue weighted by atomic mass is 16.6. The Morgan fingerprint density at radius 1 is 1.25 bits per heavy atom. The van der Waals surface area contributed by atoms with Crippen LogP contribution in [0.4, 0.5) is 0 Å². The first-order chi connectivity index (χ1) is 5.81. The van der Waals surface area contributed by atoms with Gasteiger partial charge in [-0.15, -0.1) is 0 Å². The van der Waals surface area contributed by atoms with Gasteiger partial charge in [-0.3, -0.25) is 0 Å². The van der Waals surface area contributed by atoms with Crippen LogP contribution >= 0.6 is 0 Å². The van der Waals surface area contributed by atoms with Gasteiger partial charge in [-0.2, -0.15) is 0 Å². The van der Waals surface area contributed by atoms with Crippen molar-refractivity contribution in [3.8, 4) is 0 Å². The van der Waals surface area contributed by atoms with Crippen LogP contribution in [0.2, 0.25) is 0 Å². The van der Waals surface area contributed by atoms with E-state index in [4.69, 9.17) is 9.84 Å². The van der Waals surface area contributed by atoms with Gasteiger partial charge in [0.15, 0.2) is 6.29 Å². The molecule has 0 saturated heterocycles. The number of ether oxygens (including phenoxy) is 1. The molecule has 3 heteroatoms. The first kappa shape index (κ1) is 11.9. The van der Waals surface area contributed by atoms with E-state index in [0.29, 0.717) is 19.4 Å². The van der Waals surface area contributed by atoms with E-state index in [-0.39, 0.29) is 6.61 Å². The first-order valence-corrected chi connectivity index (χ1v) is 4.71. The minimum absolute atomic E-state index is 0.127. The lowest BCUT2D eigenvalue weighted by Gasteiger charge is -2.10. The molecule has 0 heterocycles. The Balaban J connectivity index is 3.04. The summed E-state index contributed by atoms with van der Waals surface area (Å²) < 4.78 is 5.02. The van der Waals surface area contributed by atoms with Crippen LogP contribution in [0, 0.1) is 0 Å². The monoisotopic (exact) mass is 176 g/mol. The summed E-state index contributed by atoms with van der Waals surface area (Å²) in [7, 11) is 0. The molecule has 0 saturated carbocycles. The van der Waals surface area contributed by atoms with Crippen molar-refractivity contribution < 1.29 is 14.9 Å². The van der Waals surface area contributed by atoms with Gasteiger partial charge in [0.1, 0.15) is 0 Å². The van der Waals surface area contributed by atoms with E-state index in [2.05, 4.69) is 6.92 Å². The lowest BCUT2D eigenvalue weighted by Crippen LogP contribution is -2.13. The Labute approximate surface area is 74.4 Å². The molecule has 1 atom stereocenters. The highest BCUT2D eigenvalue weighted by Crippen LogP contribution is 2.04. The quantitative estimate of drug-likeness (QED) is 0.432. The average Bonchev–Trinajstić information content (AvgIpc) is 2.06. The lowest BCUT2D eigenvalue weighted by atomic mass is 10.2. The zero-order valence-corrected chi connectivity index (χ0v) is 7.83. The van der Waals surface area contributed by atoms with Gasteiger partial charge in [0.25, 0.3) is 0 Å². The molecule has 2 N–H and O–H groups in total. The topological polar surface area (TPSA) is 49.7 Å². The molecule has 0 aliphatic rings. The first-order valence-electron chi connectivity index (χ1n) is 4.71. The Hall–Kier alpha value is -0.120. The predicted molar refractivity (Wildman–Crippen MR) is 47.8 cm³/mol. The molecular formula is C9H20O3. The van der Waals surface area contributed by atoms with Crippen molar-refractivity contribution in [3.63, 3.8) is 0 Å². The summed E-state index contributed by atoms with van der Waals surface area (Å²) >= 11 is 0. The molecule has 0 radical (unpaired) electrons. The van der Waals surface area contributed by atoms with E-state index in [9.17, 15) is 5.11 Å². The van der Waals surface area contributed by atoms with Crippen LogP contribution in [0.1, 0.15) is 39.0 Å². The molecular weight excluding hydrogens is 156 g/mol. The van der Waals surface area contributed by atoms with E-state index in [0.717, 1.165) is 19.3 Å². The Morgan fingerprint density at radius 3 is 2.58 bits per heavy atom. The SMILES string of the molecule is CCCCCC(O)OCCCO. The fourth-order valence-corrected chi connectivity index (χ4v) is 0.936. The molecule has 1 unspecified atom stereocenters. The standard InChI is InChI=1S/C9H20O3/c1-2-3-4-6-9(11)12-8-5-7-10/h9-11H,2-8H2,1H3. The van der Waals surface area contributed by atoms with Gasteiger partial charge in [0.05, 0.1) is 6.61 Å². The van der Waals surface area contributed by atoms with Crippen molar-refractivity contribution >= 4 is 0 Å². The summed E-state index contributed by atoms with van der Waals surface area (Å²) in [5.41, 5.74) is 0. The van der Waals surface area contributed by atoms with E-state index < -0.39 is 6.29 Å². The molecule has 0 aromatic heterocycles. The predicted octanol–water partition coefficient (Wildman–Crippen LogP) is 1.28. The molecule has 74 valence electrons. The summed E-state index contributed by atoms with van der Waals surface area (Å²) in [5, 5.41) is 17.6. The second-order valence-electron chi connectivity index (χ2n) is 2.90. The molecule has 0 bridgehead atoms. The van der Waals surface area contributed by atoms with E-state index >= 15 is 0 Å². The van der Waals surface area contributed by atoms with E-state index in [1.807, 2.05) is 0 Å². The number of hydrogen-bond donors (Lipinski definition) is 2. The van der Waals surface area contributed by atoms with Gasteiger partial charge in [-0.25, -0.2) is 0 Å². The molecule has 0 aromatic rings. The van der Waals surface area contributed by atoms with Crippen molar-refractivity contribution in [2.45, 2.75) is 45.3 Å². The smallest absolute Gasteiger partial charge is 0.154 e. The maximum Gasteiger partial charge on any atom is 0.154 e. The maximum atomic E-state index is 9.20. The number of aliphatic hydroxyl groups excluding tert-OH is 2. The summed E-state index contributed by atoms with van der Waals surface area (Å²) in [6.07, 6.45) is 3.98. The van der Waals surface area contributed by atoms with Crippen LogP contribution in [0.25, 0.3) is 0 Å². The highest BCUT2D eigenvalue weighted by molar-refractivity contribution is 4.44. The van der Waals surface area contributed by atoms with Gasteiger partial charge in [-0.05, 0) is 19.3 Å². The molecule has 0 aliphatic heterocycles. The Morgan fingerprint density at radius 2 is 2.00 bits per heavy atom. The van der Waals surface area contributed by atoms with E-state index in [1.165, 1.54) is 0 Å². The average molecular weight is 176 g/mol. The van der Waals surface area contributed by atoms with Crippen LogP contribution in [0.3, 0.4) is 0 Å². The van der Waals surface area contributed by atoms with Crippen LogP contribution < -0.4 is 0 Å². The summed E-state index contributed by atoms with van der Waals surface area (Å²) in [5.74, 6) is 0. The fourth-order valence-electron chi connectivity index (χ4n) is 0.936. The van der Waals surface area contributed by atoms with Crippen molar-refractivity contribution in [3.05, 3.63) is 0 Å². The van der Waals surface area contributed by atoms with Gasteiger partial charge < -0.3 is 14.9 Å². The molecule has 0 rings (SSSR count). The minimum Gasteiger partial charge on any atom is -0.396 e. The summed E-state index contributed by atoms with van der Waals surface area (Å²) in [4.78, 5) is 0. The van der Waals surface area contributed by atoms with Crippen LogP contribution in [-0.2, 0) is 4.74 Å². The third-order valence-corrected chi connectivity index (χ3v) is 1.67. The zero-order valence-electron chi connectivity index (χ0n) is 7.83. The number of aliphatic hydroxyl groups is 2. The Kier molecular flexibility index (Phi) is 8.88. The maximum absolute atomic E-state index is 9.20. The van der Waals surface area contributed by atoms with Gasteiger partial charge >= 0.3 is 0 Å². The van der Waals surface area contributed by atoms with E-state index in [1.54, 1.807) is 0 Å². The number of unbranched alkanes of at least 4 members (excludes halogenated alkanes) is 2. The summed E-state index contributed by atoms with van der Waals surface area (Å²) in [6.45, 7) is 2.70. The molecule has 12 heavy (non-hydrogen) atoms. The molecule has 0 fully saturated rings. The lowest BCUT2D eigenvalue weighted by molar-refractivity contribution is -0.106. The molecule has 0 amide bonds. The number of hydrogen-bond acceptors (Lipinski definition) is 3. The zero-order chi connectivity index (χ0) is 9.23. The van der Waals surface area contributed by atoms with Crippen LogP contribution in [-0.4, -0.2) is 29.7 Å². The van der Waals surface area contributed by atoms with Gasteiger partial charge in [0.2, 0.25) is 0 Å². The molecule has 3 nitrogen and oxygen atoms in total. The van der Waals surface area contributed by atoms with Crippen LogP contribution in [0.5, 0.6) is 0 Å². The third kappa shape index (κ3) is 7.98. The van der Waals surface area contributed by atoms with Crippen molar-refractivity contribution in [1.29, 1.82) is 0 Å². The fraction of sp³-hybridized carbons (Fsp3) is 1.00. The van der Waals surface area contributed by atoms with Gasteiger partial charge in [-0.1, -0.05) is 19.8 Å². The second kappa shape index (κ2) is 8.97. The van der Waals surface area contributed by atoms with Crippen molar-refractivity contribution in [2.75, 3.05) is 13.2 Å². The minimum atomic E-state index is -0.636. The molecule has 0 aromatic carbocycles.